The molecule has 0 radical (unpaired) electrons. The van der Waals surface area contributed by atoms with Gasteiger partial charge in [0, 0.05) is 18.2 Å². The first-order valence-corrected chi connectivity index (χ1v) is 12.1. The monoisotopic (exact) mass is 450 g/mol. The Morgan fingerprint density at radius 1 is 1.09 bits per heavy atom. The highest BCUT2D eigenvalue weighted by Gasteiger charge is 2.35. The van der Waals surface area contributed by atoms with Gasteiger partial charge in [0.25, 0.3) is 5.91 Å². The molecule has 2 aliphatic rings. The molecule has 1 aliphatic carbocycles. The first-order chi connectivity index (χ1) is 16.1. The predicted octanol–water partition coefficient (Wildman–Crippen LogP) is 5.02. The van der Waals surface area contributed by atoms with E-state index in [2.05, 4.69) is 5.32 Å². The van der Waals surface area contributed by atoms with Crippen LogP contribution in [0.3, 0.4) is 0 Å². The van der Waals surface area contributed by atoms with Crippen molar-refractivity contribution in [3.63, 3.8) is 0 Å². The number of carbonyl (C=O) groups is 2. The molecule has 2 aromatic carbocycles. The SMILES string of the molecule is CCOc1ccc([C@@H](CC(=O)NC2CCCCCC2)N2Cc3ccccc3C2=O)cc1OC. The van der Waals surface area contributed by atoms with Gasteiger partial charge in [0.15, 0.2) is 11.5 Å². The minimum absolute atomic E-state index is 0.0106. The van der Waals surface area contributed by atoms with Gasteiger partial charge in [-0.3, -0.25) is 9.59 Å². The van der Waals surface area contributed by atoms with Crippen LogP contribution in [-0.4, -0.2) is 36.5 Å². The van der Waals surface area contributed by atoms with E-state index in [0.29, 0.717) is 30.2 Å². The first kappa shape index (κ1) is 23.1. The Hall–Kier alpha value is -3.02. The van der Waals surface area contributed by atoms with Crippen LogP contribution in [0.5, 0.6) is 11.5 Å². The highest BCUT2D eigenvalue weighted by atomic mass is 16.5. The van der Waals surface area contributed by atoms with Gasteiger partial charge in [-0.05, 0) is 49.1 Å². The summed E-state index contributed by atoms with van der Waals surface area (Å²) in [4.78, 5) is 28.3. The second-order valence-electron chi connectivity index (χ2n) is 8.91. The Morgan fingerprint density at radius 3 is 2.55 bits per heavy atom. The van der Waals surface area contributed by atoms with E-state index in [-0.39, 0.29) is 30.3 Å². The maximum absolute atomic E-state index is 13.3. The van der Waals surface area contributed by atoms with Crippen molar-refractivity contribution in [2.75, 3.05) is 13.7 Å². The van der Waals surface area contributed by atoms with Gasteiger partial charge in [-0.25, -0.2) is 0 Å². The number of nitrogens with zero attached hydrogens (tertiary/aromatic N) is 1. The fourth-order valence-electron chi connectivity index (χ4n) is 4.99. The summed E-state index contributed by atoms with van der Waals surface area (Å²) in [5.74, 6) is 1.21. The molecule has 0 bridgehead atoms. The van der Waals surface area contributed by atoms with Gasteiger partial charge >= 0.3 is 0 Å². The van der Waals surface area contributed by atoms with E-state index in [0.717, 1.165) is 36.8 Å². The Labute approximate surface area is 196 Å². The Kier molecular flexibility index (Phi) is 7.53. The van der Waals surface area contributed by atoms with Crippen molar-refractivity contribution in [1.29, 1.82) is 0 Å². The zero-order valence-electron chi connectivity index (χ0n) is 19.6. The lowest BCUT2D eigenvalue weighted by atomic mass is 10.00. The molecule has 33 heavy (non-hydrogen) atoms. The molecule has 1 fully saturated rings. The zero-order valence-corrected chi connectivity index (χ0v) is 19.6. The summed E-state index contributed by atoms with van der Waals surface area (Å²) >= 11 is 0. The first-order valence-electron chi connectivity index (χ1n) is 12.1. The molecule has 2 aromatic rings. The second kappa shape index (κ2) is 10.7. The molecule has 2 amide bonds. The fourth-order valence-corrected chi connectivity index (χ4v) is 4.99. The lowest BCUT2D eigenvalue weighted by Crippen LogP contribution is -2.38. The van der Waals surface area contributed by atoms with Crippen LogP contribution in [0.4, 0.5) is 0 Å². The number of fused-ring (bicyclic) bond motifs is 1. The van der Waals surface area contributed by atoms with Gasteiger partial charge in [-0.1, -0.05) is 49.9 Å². The van der Waals surface area contributed by atoms with Gasteiger partial charge in [0.1, 0.15) is 0 Å². The van der Waals surface area contributed by atoms with Crippen LogP contribution in [0.2, 0.25) is 0 Å². The van der Waals surface area contributed by atoms with E-state index in [1.807, 2.05) is 54.3 Å². The summed E-state index contributed by atoms with van der Waals surface area (Å²) in [7, 11) is 1.60. The number of rotatable bonds is 8. The van der Waals surface area contributed by atoms with Gasteiger partial charge < -0.3 is 19.7 Å². The zero-order chi connectivity index (χ0) is 23.2. The average molecular weight is 451 g/mol. The number of nitrogens with one attached hydrogen (secondary N) is 1. The average Bonchev–Trinajstić information content (AvgIpc) is 2.98. The van der Waals surface area contributed by atoms with Crippen molar-refractivity contribution in [2.45, 2.75) is 70.5 Å². The molecule has 1 aliphatic heterocycles. The van der Waals surface area contributed by atoms with Crippen LogP contribution in [0.1, 0.15) is 79.4 Å². The van der Waals surface area contributed by atoms with Gasteiger partial charge in [0.05, 0.1) is 26.2 Å². The molecular formula is C27H34N2O4. The van der Waals surface area contributed by atoms with E-state index >= 15 is 0 Å². The Balaban J connectivity index is 1.60. The van der Waals surface area contributed by atoms with Crippen LogP contribution in [0.15, 0.2) is 42.5 Å². The molecule has 1 atom stereocenters. The number of methoxy groups -OCH3 is 1. The molecule has 1 N–H and O–H groups in total. The summed E-state index contributed by atoms with van der Waals surface area (Å²) in [5, 5.41) is 3.25. The van der Waals surface area contributed by atoms with E-state index < -0.39 is 0 Å². The second-order valence-corrected chi connectivity index (χ2v) is 8.91. The number of ether oxygens (including phenoxy) is 2. The van der Waals surface area contributed by atoms with E-state index in [1.165, 1.54) is 12.8 Å². The summed E-state index contributed by atoms with van der Waals surface area (Å²) in [6.45, 7) is 2.95. The van der Waals surface area contributed by atoms with Crippen LogP contribution in [0, 0.1) is 0 Å². The molecule has 6 nitrogen and oxygen atoms in total. The highest BCUT2D eigenvalue weighted by Crippen LogP contribution is 2.37. The van der Waals surface area contributed by atoms with Gasteiger partial charge in [-0.2, -0.15) is 0 Å². The third-order valence-electron chi connectivity index (χ3n) is 6.70. The molecule has 0 spiro atoms. The van der Waals surface area contributed by atoms with Gasteiger partial charge in [0.2, 0.25) is 5.91 Å². The van der Waals surface area contributed by atoms with E-state index in [4.69, 9.17) is 9.47 Å². The number of amides is 2. The maximum atomic E-state index is 13.3. The molecule has 4 rings (SSSR count). The maximum Gasteiger partial charge on any atom is 0.255 e. The third-order valence-corrected chi connectivity index (χ3v) is 6.70. The third kappa shape index (κ3) is 5.32. The van der Waals surface area contributed by atoms with E-state index in [9.17, 15) is 9.59 Å². The fraction of sp³-hybridized carbons (Fsp3) is 0.481. The normalized spacial score (nSPS) is 17.3. The smallest absolute Gasteiger partial charge is 0.255 e. The minimum atomic E-state index is -0.389. The number of benzene rings is 2. The number of carbonyl (C=O) groups excluding carboxylic acids is 2. The topological polar surface area (TPSA) is 67.9 Å². The molecule has 6 heteroatoms. The Bertz CT molecular complexity index is 982. The van der Waals surface area contributed by atoms with Crippen molar-refractivity contribution < 1.29 is 19.1 Å². The van der Waals surface area contributed by atoms with Crippen LogP contribution in [0.25, 0.3) is 0 Å². The summed E-state index contributed by atoms with van der Waals surface area (Å²) in [5.41, 5.74) is 2.58. The predicted molar refractivity (Wildman–Crippen MR) is 127 cm³/mol. The minimum Gasteiger partial charge on any atom is -0.493 e. The van der Waals surface area contributed by atoms with E-state index in [1.54, 1.807) is 7.11 Å². The summed E-state index contributed by atoms with van der Waals surface area (Å²) in [6, 6.07) is 13.2. The molecule has 0 unspecified atom stereocenters. The largest absolute Gasteiger partial charge is 0.493 e. The molecule has 0 aromatic heterocycles. The molecule has 1 heterocycles. The standard InChI is InChI=1S/C27H34N2O4/c1-3-33-24-15-14-19(16-25(24)32-2)23(17-26(30)28-21-11-6-4-5-7-12-21)29-18-20-10-8-9-13-22(20)27(29)31/h8-10,13-16,21,23H,3-7,11-12,17-18H2,1-2H3,(H,28,30)/t23-/m1/s1. The summed E-state index contributed by atoms with van der Waals surface area (Å²) in [6.07, 6.45) is 7.06. The van der Waals surface area contributed by atoms with Crippen LogP contribution in [-0.2, 0) is 11.3 Å². The summed E-state index contributed by atoms with van der Waals surface area (Å²) < 4.78 is 11.2. The molecule has 176 valence electrons. The van der Waals surface area contributed by atoms with Crippen molar-refractivity contribution in [2.24, 2.45) is 0 Å². The molecule has 1 saturated carbocycles. The van der Waals surface area contributed by atoms with Crippen molar-refractivity contribution in [1.82, 2.24) is 10.2 Å². The van der Waals surface area contributed by atoms with Crippen molar-refractivity contribution in [3.8, 4) is 11.5 Å². The van der Waals surface area contributed by atoms with Crippen molar-refractivity contribution >= 4 is 11.8 Å². The number of hydrogen-bond donors (Lipinski definition) is 1. The van der Waals surface area contributed by atoms with Crippen LogP contribution < -0.4 is 14.8 Å². The highest BCUT2D eigenvalue weighted by molar-refractivity contribution is 5.98. The molecule has 0 saturated heterocycles. The lowest BCUT2D eigenvalue weighted by Gasteiger charge is -2.29. The van der Waals surface area contributed by atoms with Gasteiger partial charge in [-0.15, -0.1) is 0 Å². The quantitative estimate of drug-likeness (QED) is 0.574. The van der Waals surface area contributed by atoms with Crippen LogP contribution >= 0.6 is 0 Å². The molecular weight excluding hydrogens is 416 g/mol. The number of hydrogen-bond acceptors (Lipinski definition) is 4. The lowest BCUT2D eigenvalue weighted by molar-refractivity contribution is -0.123. The Morgan fingerprint density at radius 2 is 1.85 bits per heavy atom. The van der Waals surface area contributed by atoms with Crippen molar-refractivity contribution in [3.05, 3.63) is 59.2 Å².